The molecule has 0 saturated heterocycles. The minimum absolute atomic E-state index is 0.159. The van der Waals surface area contributed by atoms with Crippen LogP contribution in [0, 0.1) is 6.92 Å². The lowest BCUT2D eigenvalue weighted by Gasteiger charge is -2.05. The highest BCUT2D eigenvalue weighted by Crippen LogP contribution is 2.16. The molecular formula is C9H10F3NO3. The van der Waals surface area contributed by atoms with Gasteiger partial charge in [-0.05, 0) is 13.0 Å². The van der Waals surface area contributed by atoms with Crippen molar-refractivity contribution in [1.29, 1.82) is 0 Å². The quantitative estimate of drug-likeness (QED) is 0.840. The molecule has 0 bridgehead atoms. The fourth-order valence-electron chi connectivity index (χ4n) is 1.17. The Hall–Kier alpha value is -1.50. The van der Waals surface area contributed by atoms with Crippen molar-refractivity contribution < 1.29 is 27.5 Å². The number of furan rings is 1. The van der Waals surface area contributed by atoms with Crippen molar-refractivity contribution in [2.24, 2.45) is 0 Å². The molecule has 0 unspecified atom stereocenters. The SMILES string of the molecule is Cc1cc(CNCC(F)(F)F)oc1C(=O)O. The van der Waals surface area contributed by atoms with Crippen molar-refractivity contribution in [3.05, 3.63) is 23.2 Å². The van der Waals surface area contributed by atoms with Crippen LogP contribution in [0.15, 0.2) is 10.5 Å². The van der Waals surface area contributed by atoms with Crippen molar-refractivity contribution >= 4 is 5.97 Å². The van der Waals surface area contributed by atoms with Gasteiger partial charge in [0.2, 0.25) is 5.76 Å². The van der Waals surface area contributed by atoms with Crippen molar-refractivity contribution in [1.82, 2.24) is 5.32 Å². The van der Waals surface area contributed by atoms with E-state index in [4.69, 9.17) is 9.52 Å². The van der Waals surface area contributed by atoms with Crippen LogP contribution in [0.5, 0.6) is 0 Å². The molecule has 0 saturated carbocycles. The summed E-state index contributed by atoms with van der Waals surface area (Å²) in [5, 5.41) is 10.7. The van der Waals surface area contributed by atoms with Crippen molar-refractivity contribution in [2.45, 2.75) is 19.6 Å². The second-order valence-electron chi connectivity index (χ2n) is 3.25. The molecule has 0 atom stereocenters. The van der Waals surface area contributed by atoms with Gasteiger partial charge in [-0.1, -0.05) is 0 Å². The van der Waals surface area contributed by atoms with E-state index < -0.39 is 18.7 Å². The summed E-state index contributed by atoms with van der Waals surface area (Å²) >= 11 is 0. The number of nitrogens with one attached hydrogen (secondary N) is 1. The lowest BCUT2D eigenvalue weighted by molar-refractivity contribution is -0.125. The second-order valence-corrected chi connectivity index (χ2v) is 3.25. The average molecular weight is 237 g/mol. The molecule has 90 valence electrons. The smallest absolute Gasteiger partial charge is 0.401 e. The summed E-state index contributed by atoms with van der Waals surface area (Å²) in [6.07, 6.45) is -4.29. The molecule has 1 aromatic rings. The fourth-order valence-corrected chi connectivity index (χ4v) is 1.17. The molecule has 0 spiro atoms. The molecule has 7 heteroatoms. The molecular weight excluding hydrogens is 227 g/mol. The summed E-state index contributed by atoms with van der Waals surface area (Å²) in [5.41, 5.74) is 0.385. The number of carboxylic acid groups (broad SMARTS) is 1. The summed E-state index contributed by atoms with van der Waals surface area (Å²) < 4.78 is 40.2. The molecule has 2 N–H and O–H groups in total. The molecule has 0 aliphatic rings. The molecule has 0 aromatic carbocycles. The fraction of sp³-hybridized carbons (Fsp3) is 0.444. The number of carbonyl (C=O) groups is 1. The summed E-state index contributed by atoms with van der Waals surface area (Å²) in [5.74, 6) is -1.32. The zero-order valence-corrected chi connectivity index (χ0v) is 8.39. The number of aromatic carboxylic acids is 1. The minimum Gasteiger partial charge on any atom is -0.475 e. The van der Waals surface area contributed by atoms with E-state index in [1.165, 1.54) is 13.0 Å². The highest BCUT2D eigenvalue weighted by atomic mass is 19.4. The number of aryl methyl sites for hydroxylation is 1. The molecule has 1 rings (SSSR count). The van der Waals surface area contributed by atoms with Crippen LogP contribution in [-0.2, 0) is 6.54 Å². The first-order chi connectivity index (χ1) is 7.29. The van der Waals surface area contributed by atoms with Crippen LogP contribution < -0.4 is 5.32 Å². The van der Waals surface area contributed by atoms with Crippen molar-refractivity contribution in [3.8, 4) is 0 Å². The molecule has 4 nitrogen and oxygen atoms in total. The number of rotatable bonds is 4. The largest absolute Gasteiger partial charge is 0.475 e. The Bertz CT molecular complexity index is 384. The Labute approximate surface area is 89.1 Å². The van der Waals surface area contributed by atoms with E-state index in [1.807, 2.05) is 0 Å². The van der Waals surface area contributed by atoms with E-state index >= 15 is 0 Å². The zero-order valence-electron chi connectivity index (χ0n) is 8.39. The maximum atomic E-state index is 11.8. The van der Waals surface area contributed by atoms with Gasteiger partial charge in [-0.15, -0.1) is 0 Å². The third kappa shape index (κ3) is 3.58. The number of hydrogen-bond acceptors (Lipinski definition) is 3. The van der Waals surface area contributed by atoms with Crippen LogP contribution in [0.1, 0.15) is 21.9 Å². The molecule has 0 aliphatic heterocycles. The normalized spacial score (nSPS) is 11.8. The molecule has 1 heterocycles. The summed E-state index contributed by atoms with van der Waals surface area (Å²) in [7, 11) is 0. The third-order valence-electron chi connectivity index (χ3n) is 1.79. The third-order valence-corrected chi connectivity index (χ3v) is 1.79. The Morgan fingerprint density at radius 3 is 2.62 bits per heavy atom. The van der Waals surface area contributed by atoms with Crippen LogP contribution in [0.2, 0.25) is 0 Å². The van der Waals surface area contributed by atoms with Gasteiger partial charge in [0.05, 0.1) is 13.1 Å². The highest BCUT2D eigenvalue weighted by Gasteiger charge is 2.26. The van der Waals surface area contributed by atoms with E-state index in [-0.39, 0.29) is 18.1 Å². The van der Waals surface area contributed by atoms with Gasteiger partial charge in [-0.2, -0.15) is 13.2 Å². The van der Waals surface area contributed by atoms with Gasteiger partial charge < -0.3 is 14.8 Å². The van der Waals surface area contributed by atoms with Gasteiger partial charge in [-0.25, -0.2) is 4.79 Å². The topological polar surface area (TPSA) is 62.5 Å². The average Bonchev–Trinajstić information content (AvgIpc) is 2.44. The summed E-state index contributed by atoms with van der Waals surface area (Å²) in [4.78, 5) is 10.6. The maximum Gasteiger partial charge on any atom is 0.401 e. The van der Waals surface area contributed by atoms with Crippen LogP contribution >= 0.6 is 0 Å². The van der Waals surface area contributed by atoms with Gasteiger partial charge in [0.25, 0.3) is 0 Å². The van der Waals surface area contributed by atoms with Crippen molar-refractivity contribution in [3.63, 3.8) is 0 Å². The van der Waals surface area contributed by atoms with Gasteiger partial charge in [0.15, 0.2) is 0 Å². The summed E-state index contributed by atoms with van der Waals surface area (Å²) in [6.45, 7) is 0.211. The predicted octanol–water partition coefficient (Wildman–Crippen LogP) is 1.94. The number of alkyl halides is 3. The Morgan fingerprint density at radius 2 is 2.19 bits per heavy atom. The number of halogens is 3. The molecule has 0 fully saturated rings. The zero-order chi connectivity index (χ0) is 12.3. The first-order valence-electron chi connectivity index (χ1n) is 4.39. The van der Waals surface area contributed by atoms with Crippen LogP contribution in [0.4, 0.5) is 13.2 Å². The van der Waals surface area contributed by atoms with E-state index in [9.17, 15) is 18.0 Å². The van der Waals surface area contributed by atoms with Gasteiger partial charge in [0.1, 0.15) is 5.76 Å². The monoisotopic (exact) mass is 237 g/mol. The molecule has 0 amide bonds. The lowest BCUT2D eigenvalue weighted by Crippen LogP contribution is -2.28. The first kappa shape index (κ1) is 12.6. The van der Waals surface area contributed by atoms with E-state index in [2.05, 4.69) is 5.32 Å². The molecule has 0 aliphatic carbocycles. The van der Waals surface area contributed by atoms with Gasteiger partial charge in [0, 0.05) is 5.56 Å². The van der Waals surface area contributed by atoms with Crippen LogP contribution in [-0.4, -0.2) is 23.8 Å². The molecule has 16 heavy (non-hydrogen) atoms. The Kier molecular flexibility index (Phi) is 3.58. The maximum absolute atomic E-state index is 11.8. The summed E-state index contributed by atoms with van der Waals surface area (Å²) in [6, 6.07) is 1.40. The van der Waals surface area contributed by atoms with Crippen molar-refractivity contribution in [2.75, 3.05) is 6.54 Å². The van der Waals surface area contributed by atoms with E-state index in [0.717, 1.165) is 0 Å². The van der Waals surface area contributed by atoms with Gasteiger partial charge >= 0.3 is 12.1 Å². The minimum atomic E-state index is -4.29. The van der Waals surface area contributed by atoms with Crippen LogP contribution in [0.25, 0.3) is 0 Å². The predicted molar refractivity (Wildman–Crippen MR) is 48.2 cm³/mol. The second kappa shape index (κ2) is 4.56. The van der Waals surface area contributed by atoms with E-state index in [0.29, 0.717) is 5.56 Å². The van der Waals surface area contributed by atoms with Crippen LogP contribution in [0.3, 0.4) is 0 Å². The first-order valence-corrected chi connectivity index (χ1v) is 4.39. The number of hydrogen-bond donors (Lipinski definition) is 2. The Morgan fingerprint density at radius 1 is 1.56 bits per heavy atom. The lowest BCUT2D eigenvalue weighted by atomic mass is 10.2. The van der Waals surface area contributed by atoms with E-state index in [1.54, 1.807) is 0 Å². The van der Waals surface area contributed by atoms with Gasteiger partial charge in [-0.3, -0.25) is 0 Å². The number of carboxylic acids is 1. The molecule has 0 radical (unpaired) electrons. The molecule has 1 aromatic heterocycles. The standard InChI is InChI=1S/C9H10F3NO3/c1-5-2-6(16-7(5)8(14)15)3-13-4-9(10,11)12/h2,13H,3-4H2,1H3,(H,14,15). The Balaban J connectivity index is 2.56. The highest BCUT2D eigenvalue weighted by molar-refractivity contribution is 5.86.